The van der Waals surface area contributed by atoms with Gasteiger partial charge in [-0.2, -0.15) is 15.8 Å². The summed E-state index contributed by atoms with van der Waals surface area (Å²) in [5.74, 6) is -0.833. The lowest BCUT2D eigenvalue weighted by Gasteiger charge is -1.78. The third kappa shape index (κ3) is 1.51. The predicted octanol–water partition coefficient (Wildman–Crippen LogP) is 0.369. The molecule has 4 heteroatoms. The van der Waals surface area contributed by atoms with Gasteiger partial charge < -0.3 is 5.11 Å². The lowest BCUT2D eigenvalue weighted by atomic mass is 10.3. The molecule has 0 aromatic carbocycles. The second-order valence-electron chi connectivity index (χ2n) is 1.06. The number of hydrogen-bond donors (Lipinski definition) is 1. The van der Waals surface area contributed by atoms with Crippen LogP contribution in [-0.4, -0.2) is 5.11 Å². The number of nitriles is 3. The highest BCUT2D eigenvalue weighted by Crippen LogP contribution is 1.94. The van der Waals surface area contributed by atoms with Crippen LogP contribution in [0.5, 0.6) is 0 Å². The van der Waals surface area contributed by atoms with E-state index in [0.717, 1.165) is 0 Å². The highest BCUT2D eigenvalue weighted by atomic mass is 16.3. The number of hydrogen-bond acceptors (Lipinski definition) is 4. The molecule has 0 saturated carbocycles. The third-order valence-corrected chi connectivity index (χ3v) is 0.566. The Kier molecular flexibility index (Phi) is 2.39. The number of aliphatic hydroxyl groups excluding tert-OH is 1. The Balaban J connectivity index is 4.78. The number of nitrogens with zero attached hydrogens (tertiary/aromatic N) is 3. The molecule has 0 fully saturated rings. The number of aliphatic hydroxyl groups is 1. The fourth-order valence-electron chi connectivity index (χ4n) is 0.187. The summed E-state index contributed by atoms with van der Waals surface area (Å²) < 4.78 is 0. The van der Waals surface area contributed by atoms with Crippen LogP contribution in [0.25, 0.3) is 0 Å². The van der Waals surface area contributed by atoms with E-state index >= 15 is 0 Å². The molecule has 9 heavy (non-hydrogen) atoms. The summed E-state index contributed by atoms with van der Waals surface area (Å²) in [6.45, 7) is 0. The Hall–Kier alpha value is -1.99. The quantitative estimate of drug-likeness (QED) is 0.283. The molecule has 0 aliphatic heterocycles. The van der Waals surface area contributed by atoms with Gasteiger partial charge >= 0.3 is 0 Å². The molecule has 0 heterocycles. The van der Waals surface area contributed by atoms with Gasteiger partial charge in [-0.3, -0.25) is 0 Å². The zero-order valence-corrected chi connectivity index (χ0v) is 4.29. The maximum Gasteiger partial charge on any atom is 0.223 e. The van der Waals surface area contributed by atoms with Crippen molar-refractivity contribution in [2.24, 2.45) is 0 Å². The lowest BCUT2D eigenvalue weighted by molar-refractivity contribution is 0.434. The van der Waals surface area contributed by atoms with Crippen molar-refractivity contribution in [3.8, 4) is 18.2 Å². The molecule has 0 spiro atoms. The molecule has 0 radical (unpaired) electrons. The van der Waals surface area contributed by atoms with E-state index in [0.29, 0.717) is 0 Å². The van der Waals surface area contributed by atoms with Gasteiger partial charge in [0.2, 0.25) is 5.76 Å². The largest absolute Gasteiger partial charge is 0.498 e. The predicted molar refractivity (Wildman–Crippen MR) is 26.5 cm³/mol. The van der Waals surface area contributed by atoms with E-state index in [1.165, 1.54) is 18.2 Å². The first-order valence-electron chi connectivity index (χ1n) is 1.89. The zero-order chi connectivity index (χ0) is 7.28. The summed E-state index contributed by atoms with van der Waals surface area (Å²) in [5, 5.41) is 32.3. The summed E-state index contributed by atoms with van der Waals surface area (Å²) in [6, 6.07) is 3.95. The Morgan fingerprint density at radius 2 is 1.44 bits per heavy atom. The minimum absolute atomic E-state index is 0.558. The van der Waals surface area contributed by atoms with Crippen LogP contribution in [0.3, 0.4) is 0 Å². The van der Waals surface area contributed by atoms with E-state index in [2.05, 4.69) is 0 Å². The summed E-state index contributed by atoms with van der Waals surface area (Å²) in [7, 11) is 0. The van der Waals surface area contributed by atoms with Crippen molar-refractivity contribution in [2.75, 3.05) is 0 Å². The van der Waals surface area contributed by atoms with Crippen molar-refractivity contribution in [1.29, 1.82) is 15.8 Å². The van der Waals surface area contributed by atoms with Crippen molar-refractivity contribution >= 4 is 0 Å². The number of allylic oxidation sites excluding steroid dienone is 2. The molecule has 0 bridgehead atoms. The minimum Gasteiger partial charge on any atom is -0.498 e. The van der Waals surface area contributed by atoms with E-state index in [-0.39, 0.29) is 0 Å². The smallest absolute Gasteiger partial charge is 0.223 e. The Bertz CT molecular complexity index is 241. The van der Waals surface area contributed by atoms with Gasteiger partial charge in [0.1, 0.15) is 18.2 Å². The maximum atomic E-state index is 8.39. The van der Waals surface area contributed by atoms with E-state index in [9.17, 15) is 0 Å². The zero-order valence-electron chi connectivity index (χ0n) is 4.29. The SMILES string of the molecule is N#CC(O)=C(C#N)C#N. The van der Waals surface area contributed by atoms with Crippen molar-refractivity contribution in [2.45, 2.75) is 0 Å². The van der Waals surface area contributed by atoms with E-state index in [1.807, 2.05) is 0 Å². The van der Waals surface area contributed by atoms with E-state index in [1.54, 1.807) is 0 Å². The summed E-state index contributed by atoms with van der Waals surface area (Å²) >= 11 is 0. The molecule has 0 saturated heterocycles. The molecule has 0 atom stereocenters. The molecule has 0 aliphatic carbocycles. The molecular formula is C5HN3O. The minimum atomic E-state index is -0.833. The average Bonchev–Trinajstić information content (AvgIpc) is 1.90. The molecule has 0 aromatic heterocycles. The van der Waals surface area contributed by atoms with Crippen molar-refractivity contribution in [3.05, 3.63) is 11.3 Å². The summed E-state index contributed by atoms with van der Waals surface area (Å²) in [4.78, 5) is 0. The Labute approximate surface area is 51.5 Å². The van der Waals surface area contributed by atoms with Gasteiger partial charge in [-0.1, -0.05) is 0 Å². The molecule has 0 unspecified atom stereocenters. The Morgan fingerprint density at radius 3 is 1.56 bits per heavy atom. The fraction of sp³-hybridized carbons (Fsp3) is 0. The first-order valence-corrected chi connectivity index (χ1v) is 1.89. The average molecular weight is 119 g/mol. The standard InChI is InChI=1S/C5HN3O/c6-1-4(2-7)5(9)3-8/h9H. The van der Waals surface area contributed by atoms with Crippen LogP contribution >= 0.6 is 0 Å². The van der Waals surface area contributed by atoms with Crippen molar-refractivity contribution in [1.82, 2.24) is 0 Å². The van der Waals surface area contributed by atoms with Gasteiger partial charge in [-0.25, -0.2) is 0 Å². The molecule has 0 aromatic rings. The van der Waals surface area contributed by atoms with Crippen molar-refractivity contribution in [3.63, 3.8) is 0 Å². The van der Waals surface area contributed by atoms with Crippen LogP contribution in [0.2, 0.25) is 0 Å². The molecular weight excluding hydrogens is 118 g/mol. The van der Waals surface area contributed by atoms with Gasteiger partial charge in [-0.15, -0.1) is 0 Å². The molecule has 1 N–H and O–H groups in total. The van der Waals surface area contributed by atoms with Crippen LogP contribution in [-0.2, 0) is 0 Å². The lowest BCUT2D eigenvalue weighted by Crippen LogP contribution is -1.80. The molecule has 0 rings (SSSR count). The topological polar surface area (TPSA) is 91.6 Å². The normalized spacial score (nSPS) is 5.89. The second kappa shape index (κ2) is 3.07. The highest BCUT2D eigenvalue weighted by molar-refractivity contribution is 5.42. The molecule has 42 valence electrons. The maximum absolute atomic E-state index is 8.39. The van der Waals surface area contributed by atoms with Gasteiger partial charge in [0.05, 0.1) is 0 Å². The highest BCUT2D eigenvalue weighted by Gasteiger charge is 1.99. The summed E-state index contributed by atoms with van der Waals surface area (Å²) in [6.07, 6.45) is 0. The molecule has 4 nitrogen and oxygen atoms in total. The summed E-state index contributed by atoms with van der Waals surface area (Å²) in [5.41, 5.74) is -0.558. The van der Waals surface area contributed by atoms with Crippen LogP contribution in [0, 0.1) is 34.0 Å². The van der Waals surface area contributed by atoms with Gasteiger partial charge in [0.25, 0.3) is 0 Å². The van der Waals surface area contributed by atoms with E-state index in [4.69, 9.17) is 20.9 Å². The Morgan fingerprint density at radius 1 is 1.00 bits per heavy atom. The fourth-order valence-corrected chi connectivity index (χ4v) is 0.187. The molecule has 0 aliphatic rings. The van der Waals surface area contributed by atoms with Gasteiger partial charge in [-0.05, 0) is 0 Å². The first kappa shape index (κ1) is 7.01. The van der Waals surface area contributed by atoms with Crippen LogP contribution in [0.4, 0.5) is 0 Å². The molecule has 0 amide bonds. The number of rotatable bonds is 0. The van der Waals surface area contributed by atoms with Crippen molar-refractivity contribution < 1.29 is 5.11 Å². The second-order valence-corrected chi connectivity index (χ2v) is 1.06. The monoisotopic (exact) mass is 119 g/mol. The van der Waals surface area contributed by atoms with E-state index < -0.39 is 11.3 Å². The first-order chi connectivity index (χ1) is 4.26. The van der Waals surface area contributed by atoms with Gasteiger partial charge in [0, 0.05) is 0 Å². The van der Waals surface area contributed by atoms with Crippen LogP contribution < -0.4 is 0 Å². The van der Waals surface area contributed by atoms with Crippen LogP contribution in [0.1, 0.15) is 0 Å². The van der Waals surface area contributed by atoms with Gasteiger partial charge in [0.15, 0.2) is 5.57 Å². The third-order valence-electron chi connectivity index (χ3n) is 0.566. The van der Waals surface area contributed by atoms with Crippen LogP contribution in [0.15, 0.2) is 11.3 Å².